The molecule has 1 aliphatic rings. The number of nitrogens with one attached hydrogen (secondary N) is 5. The molecule has 32 heavy (non-hydrogen) atoms. The van der Waals surface area contributed by atoms with Gasteiger partial charge in [0, 0.05) is 12.1 Å². The van der Waals surface area contributed by atoms with Crippen molar-refractivity contribution < 1.29 is 27.6 Å². The first kappa shape index (κ1) is 22.6. The Hall–Kier alpha value is -4.09. The first-order valence-electron chi connectivity index (χ1n) is 9.40. The van der Waals surface area contributed by atoms with Crippen LogP contribution in [-0.4, -0.2) is 29.7 Å². The Kier molecular flexibility index (Phi) is 6.93. The van der Waals surface area contributed by atoms with Crippen LogP contribution in [0.25, 0.3) is 0 Å². The van der Waals surface area contributed by atoms with Crippen LogP contribution in [0.3, 0.4) is 0 Å². The van der Waals surface area contributed by atoms with Crippen molar-refractivity contribution in [2.75, 3.05) is 5.32 Å². The van der Waals surface area contributed by atoms with Gasteiger partial charge < -0.3 is 5.32 Å². The van der Waals surface area contributed by atoms with Crippen molar-refractivity contribution in [2.45, 2.75) is 25.1 Å². The number of urea groups is 1. The number of carbonyl (C=O) groups is 3. The second-order valence-corrected chi connectivity index (χ2v) is 6.78. The third kappa shape index (κ3) is 6.45. The highest BCUT2D eigenvalue weighted by Crippen LogP contribution is 2.30. The summed E-state index contributed by atoms with van der Waals surface area (Å²) in [5, 5.41) is 2.17. The quantitative estimate of drug-likeness (QED) is 0.448. The van der Waals surface area contributed by atoms with Crippen LogP contribution < -0.4 is 27.0 Å². The molecule has 5 N–H and O–H groups in total. The second kappa shape index (κ2) is 9.81. The predicted molar refractivity (Wildman–Crippen MR) is 109 cm³/mol. The number of amides is 4. The molecular weight excluding hydrogens is 429 g/mol. The zero-order chi connectivity index (χ0) is 23.1. The van der Waals surface area contributed by atoms with Crippen molar-refractivity contribution in [1.29, 1.82) is 0 Å². The molecule has 0 fully saturated rings. The minimum absolute atomic E-state index is 0.112. The van der Waals surface area contributed by atoms with Gasteiger partial charge in [0.05, 0.1) is 12.0 Å². The number of anilines is 1. The van der Waals surface area contributed by atoms with E-state index in [1.165, 1.54) is 6.07 Å². The topological polar surface area (TPSA) is 124 Å². The number of hydrazine groups is 2. The average molecular weight is 448 g/mol. The molecule has 0 radical (unpaired) electrons. The van der Waals surface area contributed by atoms with Gasteiger partial charge in [-0.2, -0.15) is 13.2 Å². The van der Waals surface area contributed by atoms with Crippen LogP contribution in [0, 0.1) is 0 Å². The number of aliphatic imine (C=N–C) groups is 1. The summed E-state index contributed by atoms with van der Waals surface area (Å²) in [5.74, 6) is -0.775. The van der Waals surface area contributed by atoms with Crippen LogP contribution in [0.5, 0.6) is 0 Å². The maximum absolute atomic E-state index is 12.7. The molecule has 0 aromatic heterocycles. The summed E-state index contributed by atoms with van der Waals surface area (Å²) in [5.41, 5.74) is 9.12. The normalized spacial score (nSPS) is 15.7. The highest BCUT2D eigenvalue weighted by atomic mass is 19.4. The van der Waals surface area contributed by atoms with E-state index in [1.807, 2.05) is 35.8 Å². The van der Waals surface area contributed by atoms with Crippen molar-refractivity contribution in [2.24, 2.45) is 4.99 Å². The summed E-state index contributed by atoms with van der Waals surface area (Å²) in [6, 6.07) is 11.4. The van der Waals surface area contributed by atoms with Gasteiger partial charge in [0.1, 0.15) is 11.9 Å². The number of hydrogen-bond donors (Lipinski definition) is 5. The van der Waals surface area contributed by atoms with Crippen molar-refractivity contribution >= 4 is 29.4 Å². The van der Waals surface area contributed by atoms with Crippen LogP contribution in [-0.2, 0) is 22.2 Å². The van der Waals surface area contributed by atoms with E-state index in [4.69, 9.17) is 0 Å². The van der Waals surface area contributed by atoms with Gasteiger partial charge in [-0.15, -0.1) is 0 Å². The Morgan fingerprint density at radius 3 is 2.47 bits per heavy atom. The molecule has 1 heterocycles. The Labute approximate surface area is 180 Å². The Morgan fingerprint density at radius 1 is 1.00 bits per heavy atom. The molecule has 0 unspecified atom stereocenters. The van der Waals surface area contributed by atoms with Gasteiger partial charge in [-0.25, -0.2) is 10.2 Å². The molecule has 0 aliphatic carbocycles. The fourth-order valence-electron chi connectivity index (χ4n) is 2.80. The third-order valence-corrected chi connectivity index (χ3v) is 4.30. The van der Waals surface area contributed by atoms with Crippen LogP contribution in [0.15, 0.2) is 59.6 Å². The highest BCUT2D eigenvalue weighted by molar-refractivity contribution is 5.97. The van der Waals surface area contributed by atoms with Gasteiger partial charge in [0.2, 0.25) is 5.91 Å². The molecular formula is C20H19F3N6O3. The van der Waals surface area contributed by atoms with E-state index in [2.05, 4.69) is 26.6 Å². The summed E-state index contributed by atoms with van der Waals surface area (Å²) < 4.78 is 38.2. The number of amidine groups is 1. The zero-order valence-electron chi connectivity index (χ0n) is 16.5. The first-order valence-corrected chi connectivity index (χ1v) is 9.40. The number of rotatable bonds is 5. The van der Waals surface area contributed by atoms with Gasteiger partial charge in [-0.05, 0) is 23.8 Å². The standard InChI is InChI=1S/C20H19F3N6O3/c21-20(22,23)13-7-4-8-14(10-13)24-19(32)29-27-17(30)11-15-18(31)28-26-16(25-15)9-12-5-2-1-3-6-12/h1-8,10,15H,9,11H2,(H,25,26)(H,27,30)(H,28,31)(H2,24,29,32)/t15-/m1/s1. The Bertz CT molecular complexity index is 1030. The van der Waals surface area contributed by atoms with Gasteiger partial charge >= 0.3 is 12.2 Å². The lowest BCUT2D eigenvalue weighted by molar-refractivity contribution is -0.137. The fourth-order valence-corrected chi connectivity index (χ4v) is 2.80. The summed E-state index contributed by atoms with van der Waals surface area (Å²) in [4.78, 5) is 40.1. The third-order valence-electron chi connectivity index (χ3n) is 4.30. The molecule has 2 aromatic carbocycles. The van der Waals surface area contributed by atoms with Crippen LogP contribution in [0.1, 0.15) is 17.5 Å². The number of carbonyl (C=O) groups excluding carboxylic acids is 3. The van der Waals surface area contributed by atoms with E-state index in [0.29, 0.717) is 12.3 Å². The maximum Gasteiger partial charge on any atom is 0.416 e. The van der Waals surface area contributed by atoms with E-state index < -0.39 is 35.6 Å². The molecule has 1 aliphatic heterocycles. The second-order valence-electron chi connectivity index (χ2n) is 6.78. The number of nitrogens with zero attached hydrogens (tertiary/aromatic N) is 1. The van der Waals surface area contributed by atoms with Gasteiger partial charge in [-0.1, -0.05) is 36.4 Å². The van der Waals surface area contributed by atoms with E-state index in [-0.39, 0.29) is 12.1 Å². The fraction of sp³-hybridized carbons (Fsp3) is 0.200. The molecule has 9 nitrogen and oxygen atoms in total. The van der Waals surface area contributed by atoms with E-state index in [9.17, 15) is 27.6 Å². The minimum atomic E-state index is -4.56. The van der Waals surface area contributed by atoms with Gasteiger partial charge in [-0.3, -0.25) is 30.9 Å². The first-order chi connectivity index (χ1) is 15.2. The lowest BCUT2D eigenvalue weighted by Gasteiger charge is -2.22. The molecule has 1 atom stereocenters. The van der Waals surface area contributed by atoms with Crippen LogP contribution in [0.4, 0.5) is 23.7 Å². The van der Waals surface area contributed by atoms with E-state index in [0.717, 1.165) is 23.8 Å². The van der Waals surface area contributed by atoms with Crippen molar-refractivity contribution in [3.05, 3.63) is 65.7 Å². The lowest BCUT2D eigenvalue weighted by Crippen LogP contribution is -2.53. The van der Waals surface area contributed by atoms with Gasteiger partial charge in [0.25, 0.3) is 5.91 Å². The average Bonchev–Trinajstić information content (AvgIpc) is 2.75. The van der Waals surface area contributed by atoms with E-state index >= 15 is 0 Å². The minimum Gasteiger partial charge on any atom is -0.307 e. The smallest absolute Gasteiger partial charge is 0.307 e. The lowest BCUT2D eigenvalue weighted by atomic mass is 10.1. The monoisotopic (exact) mass is 448 g/mol. The van der Waals surface area contributed by atoms with Crippen molar-refractivity contribution in [1.82, 2.24) is 21.7 Å². The predicted octanol–water partition coefficient (Wildman–Crippen LogP) is 1.89. The Balaban J connectivity index is 1.51. The molecule has 0 spiro atoms. The number of hydrogen-bond acceptors (Lipinski definition) is 5. The highest BCUT2D eigenvalue weighted by Gasteiger charge is 2.30. The summed E-state index contributed by atoms with van der Waals surface area (Å²) >= 11 is 0. The van der Waals surface area contributed by atoms with Crippen molar-refractivity contribution in [3.8, 4) is 0 Å². The van der Waals surface area contributed by atoms with Crippen LogP contribution in [0.2, 0.25) is 0 Å². The van der Waals surface area contributed by atoms with E-state index in [1.54, 1.807) is 0 Å². The number of alkyl halides is 3. The van der Waals surface area contributed by atoms with Gasteiger partial charge in [0.15, 0.2) is 0 Å². The number of benzene rings is 2. The molecule has 0 bridgehead atoms. The summed E-state index contributed by atoms with van der Waals surface area (Å²) in [7, 11) is 0. The van der Waals surface area contributed by atoms with Crippen LogP contribution >= 0.6 is 0 Å². The zero-order valence-corrected chi connectivity index (χ0v) is 16.5. The molecule has 2 aromatic rings. The SMILES string of the molecule is O=C(C[C@H]1N=C(Cc2ccccc2)NNC1=O)NNC(=O)Nc1cccc(C(F)(F)F)c1. The number of halogens is 3. The maximum atomic E-state index is 12.7. The summed E-state index contributed by atoms with van der Waals surface area (Å²) in [6.45, 7) is 0. The molecule has 12 heteroatoms. The molecule has 3 rings (SSSR count). The molecule has 0 saturated carbocycles. The molecule has 168 valence electrons. The Morgan fingerprint density at radius 2 is 1.75 bits per heavy atom. The molecule has 4 amide bonds. The largest absolute Gasteiger partial charge is 0.416 e. The van der Waals surface area contributed by atoms with Crippen molar-refractivity contribution in [3.63, 3.8) is 0 Å². The molecule has 0 saturated heterocycles. The summed E-state index contributed by atoms with van der Waals surface area (Å²) in [6.07, 6.45) is -4.50.